The molecule has 0 fully saturated rings. The number of hydrogen-bond donors (Lipinski definition) is 1. The number of hydrogen-bond acceptors (Lipinski definition) is 4. The highest BCUT2D eigenvalue weighted by molar-refractivity contribution is 5.56. The number of ether oxygens (including phenoxy) is 1. The zero-order valence-electron chi connectivity index (χ0n) is 12.1. The number of imidazole rings is 1. The maximum atomic E-state index is 12.7. The molecule has 0 radical (unpaired) electrons. The summed E-state index contributed by atoms with van der Waals surface area (Å²) < 4.78 is 48.6. The number of aromatic amines is 1. The number of nitrogens with one attached hydrogen (secondary N) is 1. The largest absolute Gasteiger partial charge is 0.481 e. The Morgan fingerprint density at radius 3 is 2.58 bits per heavy atom. The third kappa shape index (κ3) is 3.32. The van der Waals surface area contributed by atoms with Gasteiger partial charge in [-0.25, -0.2) is 4.98 Å². The van der Waals surface area contributed by atoms with Crippen LogP contribution in [0.1, 0.15) is 11.3 Å². The highest BCUT2D eigenvalue weighted by Crippen LogP contribution is 2.31. The van der Waals surface area contributed by atoms with Crippen LogP contribution in [0.5, 0.6) is 5.75 Å². The Hall–Kier alpha value is -3.03. The lowest BCUT2D eigenvalue weighted by Gasteiger charge is -2.08. The van der Waals surface area contributed by atoms with E-state index in [2.05, 4.69) is 9.97 Å². The van der Waals surface area contributed by atoms with E-state index in [1.165, 1.54) is 0 Å². The highest BCUT2D eigenvalue weighted by atomic mass is 19.4. The van der Waals surface area contributed by atoms with Gasteiger partial charge in [0.2, 0.25) is 16.9 Å². The normalized spacial score (nSPS) is 11.5. The van der Waals surface area contributed by atoms with Gasteiger partial charge in [-0.1, -0.05) is 30.3 Å². The molecule has 0 amide bonds. The molecular weight excluding hydrogens is 325 g/mol. The zero-order valence-corrected chi connectivity index (χ0v) is 12.1. The fourth-order valence-corrected chi connectivity index (χ4v) is 2.02. The van der Waals surface area contributed by atoms with Crippen molar-refractivity contribution >= 4 is 0 Å². The summed E-state index contributed by atoms with van der Waals surface area (Å²) in [6, 6.07) is 10.1. The van der Waals surface area contributed by atoms with E-state index in [-0.39, 0.29) is 23.9 Å². The molecule has 3 rings (SSSR count). The molecule has 0 aliphatic carbocycles. The number of H-pyrrole nitrogens is 1. The van der Waals surface area contributed by atoms with Gasteiger partial charge in [-0.15, -0.1) is 0 Å². The number of halogens is 3. The minimum absolute atomic E-state index is 0.0649. The highest BCUT2D eigenvalue weighted by Gasteiger charge is 2.33. The van der Waals surface area contributed by atoms with E-state index in [1.54, 1.807) is 24.3 Å². The molecule has 5 nitrogen and oxygen atoms in total. The quantitative estimate of drug-likeness (QED) is 0.790. The molecule has 0 spiro atoms. The first-order valence-corrected chi connectivity index (χ1v) is 6.86. The molecule has 2 aromatic heterocycles. The van der Waals surface area contributed by atoms with Gasteiger partial charge in [-0.2, -0.15) is 13.2 Å². The van der Waals surface area contributed by atoms with Crippen molar-refractivity contribution in [3.05, 3.63) is 70.3 Å². The number of rotatable bonds is 4. The number of aromatic nitrogens is 2. The Morgan fingerprint density at radius 1 is 1.17 bits per heavy atom. The first kappa shape index (κ1) is 15.9. The maximum absolute atomic E-state index is 12.7. The van der Waals surface area contributed by atoms with E-state index in [9.17, 15) is 18.0 Å². The summed E-state index contributed by atoms with van der Waals surface area (Å²) in [5, 5.41) is 0. The van der Waals surface area contributed by atoms with Gasteiger partial charge >= 0.3 is 6.18 Å². The summed E-state index contributed by atoms with van der Waals surface area (Å²) in [5.41, 5.74) is -0.766. The van der Waals surface area contributed by atoms with Crippen LogP contribution in [0.2, 0.25) is 0 Å². The summed E-state index contributed by atoms with van der Waals surface area (Å²) >= 11 is 0. The van der Waals surface area contributed by atoms with Gasteiger partial charge in [0.05, 0.1) is 12.5 Å². The van der Waals surface area contributed by atoms with Crippen molar-refractivity contribution in [2.45, 2.75) is 12.8 Å². The van der Waals surface area contributed by atoms with Crippen molar-refractivity contribution in [1.29, 1.82) is 0 Å². The summed E-state index contributed by atoms with van der Waals surface area (Å²) in [6.45, 7) is 0.0649. The average Bonchev–Trinajstić information content (AvgIpc) is 3.04. The lowest BCUT2D eigenvalue weighted by Crippen LogP contribution is -2.09. The second-order valence-corrected chi connectivity index (χ2v) is 4.86. The van der Waals surface area contributed by atoms with Crippen LogP contribution in [0.25, 0.3) is 11.6 Å². The van der Waals surface area contributed by atoms with Crippen LogP contribution >= 0.6 is 0 Å². The molecule has 0 aliphatic rings. The van der Waals surface area contributed by atoms with Gasteiger partial charge in [0.1, 0.15) is 12.3 Å². The molecule has 1 aromatic carbocycles. The van der Waals surface area contributed by atoms with Gasteiger partial charge < -0.3 is 14.1 Å². The summed E-state index contributed by atoms with van der Waals surface area (Å²) in [7, 11) is 0. The molecule has 3 aromatic rings. The molecule has 0 aliphatic heterocycles. The zero-order chi connectivity index (χ0) is 17.2. The van der Waals surface area contributed by atoms with Gasteiger partial charge in [0.15, 0.2) is 5.82 Å². The summed E-state index contributed by atoms with van der Waals surface area (Å²) in [6.07, 6.45) is -2.88. The van der Waals surface area contributed by atoms with Crippen molar-refractivity contribution < 1.29 is 22.3 Å². The van der Waals surface area contributed by atoms with E-state index < -0.39 is 17.3 Å². The molecule has 124 valence electrons. The van der Waals surface area contributed by atoms with Crippen LogP contribution in [0.4, 0.5) is 13.2 Å². The van der Waals surface area contributed by atoms with Crippen LogP contribution in [0, 0.1) is 0 Å². The topological polar surface area (TPSA) is 68.1 Å². The average molecular weight is 336 g/mol. The third-order valence-electron chi connectivity index (χ3n) is 3.16. The molecular formula is C16H11F3N2O3. The SMILES string of the molecule is O=c1ccoc(-c2ncc(C(F)(F)F)[nH]2)c1OCc1ccccc1. The van der Waals surface area contributed by atoms with Crippen LogP contribution in [-0.2, 0) is 12.8 Å². The minimum atomic E-state index is -4.58. The molecule has 24 heavy (non-hydrogen) atoms. The fourth-order valence-electron chi connectivity index (χ4n) is 2.02. The van der Waals surface area contributed by atoms with E-state index in [0.29, 0.717) is 6.20 Å². The molecule has 0 saturated carbocycles. The second kappa shape index (κ2) is 6.23. The first-order valence-electron chi connectivity index (χ1n) is 6.86. The van der Waals surface area contributed by atoms with Crippen molar-refractivity contribution in [3.8, 4) is 17.3 Å². The minimum Gasteiger partial charge on any atom is -0.481 e. The molecule has 8 heteroatoms. The Balaban J connectivity index is 1.93. The predicted octanol–water partition coefficient (Wildman–Crippen LogP) is 3.63. The van der Waals surface area contributed by atoms with Crippen molar-refractivity contribution in [2.75, 3.05) is 0 Å². The monoisotopic (exact) mass is 336 g/mol. The Kier molecular flexibility index (Phi) is 4.11. The summed E-state index contributed by atoms with van der Waals surface area (Å²) in [4.78, 5) is 17.7. The van der Waals surface area contributed by atoms with E-state index in [1.807, 2.05) is 6.07 Å². The summed E-state index contributed by atoms with van der Waals surface area (Å²) in [5.74, 6) is -0.624. The molecule has 2 heterocycles. The molecule has 1 N–H and O–H groups in total. The molecule has 0 saturated heterocycles. The maximum Gasteiger partial charge on any atom is 0.432 e. The van der Waals surface area contributed by atoms with Gasteiger partial charge in [0, 0.05) is 6.07 Å². The Labute approximate surface area is 133 Å². The Morgan fingerprint density at radius 2 is 1.92 bits per heavy atom. The van der Waals surface area contributed by atoms with Gasteiger partial charge in [-0.3, -0.25) is 4.79 Å². The van der Waals surface area contributed by atoms with Crippen molar-refractivity contribution in [1.82, 2.24) is 9.97 Å². The van der Waals surface area contributed by atoms with E-state index in [4.69, 9.17) is 9.15 Å². The molecule has 0 unspecified atom stereocenters. The molecule has 0 atom stereocenters. The fraction of sp³-hybridized carbons (Fsp3) is 0.125. The van der Waals surface area contributed by atoms with Gasteiger partial charge in [0.25, 0.3) is 0 Å². The van der Waals surface area contributed by atoms with Crippen LogP contribution < -0.4 is 10.2 Å². The lowest BCUT2D eigenvalue weighted by atomic mass is 10.2. The second-order valence-electron chi connectivity index (χ2n) is 4.86. The van der Waals surface area contributed by atoms with Crippen LogP contribution in [0.15, 0.2) is 58.1 Å². The van der Waals surface area contributed by atoms with Gasteiger partial charge in [-0.05, 0) is 5.56 Å². The number of nitrogens with zero attached hydrogens (tertiary/aromatic N) is 1. The Bertz CT molecular complexity index is 885. The van der Waals surface area contributed by atoms with E-state index in [0.717, 1.165) is 17.9 Å². The number of benzene rings is 1. The third-order valence-corrected chi connectivity index (χ3v) is 3.16. The first-order chi connectivity index (χ1) is 11.4. The number of alkyl halides is 3. The molecule has 0 bridgehead atoms. The predicted molar refractivity (Wildman–Crippen MR) is 78.3 cm³/mol. The standard InChI is InChI=1S/C16H11F3N2O3/c17-16(18,19)12-8-20-15(21-12)14-13(11(22)6-7-23-14)24-9-10-4-2-1-3-5-10/h1-8H,9H2,(H,20,21). The smallest absolute Gasteiger partial charge is 0.432 e. The lowest BCUT2D eigenvalue weighted by molar-refractivity contribution is -0.140. The van der Waals surface area contributed by atoms with Crippen molar-refractivity contribution in [2.24, 2.45) is 0 Å². The van der Waals surface area contributed by atoms with Crippen LogP contribution in [-0.4, -0.2) is 9.97 Å². The van der Waals surface area contributed by atoms with E-state index >= 15 is 0 Å². The van der Waals surface area contributed by atoms with Crippen LogP contribution in [0.3, 0.4) is 0 Å². The van der Waals surface area contributed by atoms with Crippen molar-refractivity contribution in [3.63, 3.8) is 0 Å².